The lowest BCUT2D eigenvalue weighted by Gasteiger charge is -2.41. The molecule has 3 rings (SSSR count). The highest BCUT2D eigenvalue weighted by Crippen LogP contribution is 2.56. The Labute approximate surface area is 91.1 Å². The van der Waals surface area contributed by atoms with Crippen LogP contribution in [0, 0.1) is 29.6 Å². The average molecular weight is 208 g/mol. The van der Waals surface area contributed by atoms with Crippen LogP contribution in [0.5, 0.6) is 0 Å². The van der Waals surface area contributed by atoms with Gasteiger partial charge in [0.05, 0.1) is 5.92 Å². The fourth-order valence-corrected chi connectivity index (χ4v) is 4.79. The predicted molar refractivity (Wildman–Crippen MR) is 57.4 cm³/mol. The first-order valence-electron chi connectivity index (χ1n) is 6.50. The molecule has 3 aliphatic carbocycles. The molecule has 5 unspecified atom stereocenters. The molecule has 0 aromatic rings. The molecule has 15 heavy (non-hydrogen) atoms. The van der Waals surface area contributed by atoms with E-state index in [2.05, 4.69) is 0 Å². The minimum atomic E-state index is -0.518. The Balaban J connectivity index is 1.87. The standard InChI is InChI=1S/C13H20O2/c14-13(15)11-7-9-5-1-3-8-4-2-6-10(11)12(8)9/h8-12H,1-7H2,(H,14,15). The maximum absolute atomic E-state index is 11.2. The minimum absolute atomic E-state index is 0.000833. The van der Waals surface area contributed by atoms with Crippen LogP contribution in [0.4, 0.5) is 0 Å². The van der Waals surface area contributed by atoms with Gasteiger partial charge in [-0.15, -0.1) is 0 Å². The van der Waals surface area contributed by atoms with Crippen LogP contribution >= 0.6 is 0 Å². The summed E-state index contributed by atoms with van der Waals surface area (Å²) in [5, 5.41) is 9.27. The molecule has 0 aromatic heterocycles. The van der Waals surface area contributed by atoms with Gasteiger partial charge in [-0.3, -0.25) is 4.79 Å². The first kappa shape index (κ1) is 9.68. The van der Waals surface area contributed by atoms with Crippen molar-refractivity contribution < 1.29 is 9.90 Å². The number of carboxylic acids is 1. The quantitative estimate of drug-likeness (QED) is 0.719. The minimum Gasteiger partial charge on any atom is -0.481 e. The molecule has 3 saturated carbocycles. The molecule has 3 fully saturated rings. The molecular formula is C13H20O2. The SMILES string of the molecule is O=C(O)C1CC2CCCC3CCCC1C32. The molecule has 0 radical (unpaired) electrons. The molecule has 3 aliphatic rings. The van der Waals surface area contributed by atoms with Gasteiger partial charge >= 0.3 is 5.97 Å². The lowest BCUT2D eigenvalue weighted by molar-refractivity contribution is -0.143. The van der Waals surface area contributed by atoms with Crippen molar-refractivity contribution >= 4 is 5.97 Å². The lowest BCUT2D eigenvalue weighted by atomic mass is 9.64. The van der Waals surface area contributed by atoms with Crippen molar-refractivity contribution in [2.75, 3.05) is 0 Å². The average Bonchev–Trinajstić information content (AvgIpc) is 2.61. The summed E-state index contributed by atoms with van der Waals surface area (Å²) in [5.41, 5.74) is 0. The third kappa shape index (κ3) is 1.41. The number of rotatable bonds is 1. The van der Waals surface area contributed by atoms with Crippen LogP contribution in [0.2, 0.25) is 0 Å². The zero-order valence-electron chi connectivity index (χ0n) is 9.19. The van der Waals surface area contributed by atoms with Crippen molar-refractivity contribution in [3.05, 3.63) is 0 Å². The predicted octanol–water partition coefficient (Wildman–Crippen LogP) is 2.92. The van der Waals surface area contributed by atoms with Gasteiger partial charge in [-0.2, -0.15) is 0 Å². The highest BCUT2D eigenvalue weighted by atomic mass is 16.4. The van der Waals surface area contributed by atoms with Gasteiger partial charge in [0.25, 0.3) is 0 Å². The second-order valence-corrected chi connectivity index (χ2v) is 5.80. The van der Waals surface area contributed by atoms with E-state index in [0.717, 1.165) is 24.2 Å². The fraction of sp³-hybridized carbons (Fsp3) is 0.923. The van der Waals surface area contributed by atoms with Gasteiger partial charge in [0.1, 0.15) is 0 Å². The van der Waals surface area contributed by atoms with Crippen LogP contribution in [-0.2, 0) is 4.79 Å². The Bertz CT molecular complexity index is 272. The highest BCUT2D eigenvalue weighted by molar-refractivity contribution is 5.71. The molecular weight excluding hydrogens is 188 g/mol. The summed E-state index contributed by atoms with van der Waals surface area (Å²) in [6, 6.07) is 0. The molecule has 84 valence electrons. The van der Waals surface area contributed by atoms with Crippen molar-refractivity contribution in [2.24, 2.45) is 29.6 Å². The molecule has 0 saturated heterocycles. The molecule has 1 N–H and O–H groups in total. The summed E-state index contributed by atoms with van der Waals surface area (Å²) >= 11 is 0. The van der Waals surface area contributed by atoms with Gasteiger partial charge in [-0.1, -0.05) is 32.1 Å². The van der Waals surface area contributed by atoms with Gasteiger partial charge in [-0.05, 0) is 36.5 Å². The van der Waals surface area contributed by atoms with Crippen molar-refractivity contribution in [1.82, 2.24) is 0 Å². The van der Waals surface area contributed by atoms with Crippen LogP contribution < -0.4 is 0 Å². The Morgan fingerprint density at radius 1 is 1.00 bits per heavy atom. The highest BCUT2D eigenvalue weighted by Gasteiger charge is 2.51. The largest absolute Gasteiger partial charge is 0.481 e. The number of carbonyl (C=O) groups is 1. The normalized spacial score (nSPS) is 48.7. The zero-order chi connectivity index (χ0) is 10.4. The van der Waals surface area contributed by atoms with E-state index in [4.69, 9.17) is 0 Å². The first-order valence-corrected chi connectivity index (χ1v) is 6.50. The third-order valence-corrected chi connectivity index (χ3v) is 5.24. The summed E-state index contributed by atoms with van der Waals surface area (Å²) in [6.07, 6.45) is 8.87. The summed E-state index contributed by atoms with van der Waals surface area (Å²) in [7, 11) is 0. The van der Waals surface area contributed by atoms with Gasteiger partial charge < -0.3 is 5.11 Å². The molecule has 2 nitrogen and oxygen atoms in total. The maximum atomic E-state index is 11.2. The van der Waals surface area contributed by atoms with Crippen LogP contribution in [0.1, 0.15) is 44.9 Å². The van der Waals surface area contributed by atoms with E-state index in [1.807, 2.05) is 0 Å². The Hall–Kier alpha value is -0.530. The molecule has 0 bridgehead atoms. The Morgan fingerprint density at radius 3 is 2.40 bits per heavy atom. The van der Waals surface area contributed by atoms with Gasteiger partial charge in [0.15, 0.2) is 0 Å². The van der Waals surface area contributed by atoms with E-state index in [9.17, 15) is 9.90 Å². The molecule has 2 heteroatoms. The number of hydrogen-bond acceptors (Lipinski definition) is 1. The fourth-order valence-electron chi connectivity index (χ4n) is 4.79. The lowest BCUT2D eigenvalue weighted by Crippen LogP contribution is -2.34. The van der Waals surface area contributed by atoms with Crippen molar-refractivity contribution in [1.29, 1.82) is 0 Å². The second kappa shape index (κ2) is 3.50. The van der Waals surface area contributed by atoms with E-state index < -0.39 is 5.97 Å². The number of hydrogen-bond donors (Lipinski definition) is 1. The van der Waals surface area contributed by atoms with Crippen LogP contribution in [0.25, 0.3) is 0 Å². The van der Waals surface area contributed by atoms with E-state index in [1.165, 1.54) is 38.5 Å². The molecule has 0 aromatic carbocycles. The van der Waals surface area contributed by atoms with E-state index in [0.29, 0.717) is 5.92 Å². The van der Waals surface area contributed by atoms with Crippen molar-refractivity contribution in [3.8, 4) is 0 Å². The smallest absolute Gasteiger partial charge is 0.306 e. The number of carboxylic acid groups (broad SMARTS) is 1. The summed E-state index contributed by atoms with van der Waals surface area (Å²) < 4.78 is 0. The maximum Gasteiger partial charge on any atom is 0.306 e. The van der Waals surface area contributed by atoms with Crippen LogP contribution in [0.3, 0.4) is 0 Å². The van der Waals surface area contributed by atoms with Crippen LogP contribution in [0.15, 0.2) is 0 Å². The van der Waals surface area contributed by atoms with Gasteiger partial charge in [0.2, 0.25) is 0 Å². The molecule has 0 amide bonds. The Morgan fingerprint density at radius 2 is 1.67 bits per heavy atom. The summed E-state index contributed by atoms with van der Waals surface area (Å²) in [6.45, 7) is 0. The molecule has 5 atom stereocenters. The summed E-state index contributed by atoms with van der Waals surface area (Å²) in [4.78, 5) is 11.2. The monoisotopic (exact) mass is 208 g/mol. The molecule has 0 aliphatic heterocycles. The molecule has 0 spiro atoms. The topological polar surface area (TPSA) is 37.3 Å². The van der Waals surface area contributed by atoms with E-state index in [1.54, 1.807) is 0 Å². The van der Waals surface area contributed by atoms with Gasteiger partial charge in [0, 0.05) is 0 Å². The van der Waals surface area contributed by atoms with Crippen molar-refractivity contribution in [3.63, 3.8) is 0 Å². The Kier molecular flexibility index (Phi) is 2.26. The van der Waals surface area contributed by atoms with Gasteiger partial charge in [-0.25, -0.2) is 0 Å². The zero-order valence-corrected chi connectivity index (χ0v) is 9.19. The molecule has 0 heterocycles. The first-order chi connectivity index (χ1) is 7.27. The van der Waals surface area contributed by atoms with Crippen molar-refractivity contribution in [2.45, 2.75) is 44.9 Å². The number of aliphatic carboxylic acids is 1. The summed E-state index contributed by atoms with van der Waals surface area (Å²) in [5.74, 6) is 2.44. The van der Waals surface area contributed by atoms with Crippen LogP contribution in [-0.4, -0.2) is 11.1 Å². The van der Waals surface area contributed by atoms with E-state index >= 15 is 0 Å². The second-order valence-electron chi connectivity index (χ2n) is 5.80. The third-order valence-electron chi connectivity index (χ3n) is 5.24. The van der Waals surface area contributed by atoms with E-state index in [-0.39, 0.29) is 5.92 Å².